The minimum Gasteiger partial charge on any atom is -0.477 e. The molecule has 2 aliphatic heterocycles. The molecule has 0 radical (unpaired) electrons. The van der Waals surface area contributed by atoms with Crippen molar-refractivity contribution >= 4 is 11.8 Å². The quantitative estimate of drug-likeness (QED) is 0.872. The molecule has 0 amide bonds. The van der Waals surface area contributed by atoms with Crippen LogP contribution in [0.2, 0.25) is 0 Å². The van der Waals surface area contributed by atoms with Gasteiger partial charge >= 0.3 is 5.97 Å². The molecule has 4 rings (SSSR count). The van der Waals surface area contributed by atoms with Gasteiger partial charge in [0, 0.05) is 30.7 Å². The summed E-state index contributed by atoms with van der Waals surface area (Å²) >= 11 is 0. The van der Waals surface area contributed by atoms with E-state index in [0.717, 1.165) is 57.5 Å². The number of likely N-dealkylation sites (N-methyl/N-ethyl adjacent to an activating group) is 1. The fourth-order valence-corrected chi connectivity index (χ4v) is 4.52. The second-order valence-electron chi connectivity index (χ2n) is 8.11. The number of carboxylic acid groups (broad SMARTS) is 1. The SMILES string of the molecule is CN1CCC2(CC1)CN(c1noc(-c3ccccc3)c1C(=O)O)CCCN2C. The van der Waals surface area contributed by atoms with E-state index in [0.29, 0.717) is 11.6 Å². The highest BCUT2D eigenvalue weighted by molar-refractivity contribution is 5.99. The lowest BCUT2D eigenvalue weighted by atomic mass is 9.85. The van der Waals surface area contributed by atoms with Crippen molar-refractivity contribution in [1.29, 1.82) is 0 Å². The molecule has 0 bridgehead atoms. The fourth-order valence-electron chi connectivity index (χ4n) is 4.52. The van der Waals surface area contributed by atoms with Gasteiger partial charge in [-0.3, -0.25) is 4.90 Å². The van der Waals surface area contributed by atoms with Crippen LogP contribution in [0, 0.1) is 0 Å². The zero-order valence-corrected chi connectivity index (χ0v) is 16.6. The Morgan fingerprint density at radius 3 is 2.50 bits per heavy atom. The molecule has 1 N–H and O–H groups in total. The highest BCUT2D eigenvalue weighted by Crippen LogP contribution is 2.36. The number of piperidine rings is 1. The van der Waals surface area contributed by atoms with Crippen LogP contribution in [0.25, 0.3) is 11.3 Å². The van der Waals surface area contributed by atoms with Crippen LogP contribution in [-0.4, -0.2) is 78.4 Å². The second-order valence-corrected chi connectivity index (χ2v) is 8.11. The summed E-state index contributed by atoms with van der Waals surface area (Å²) in [5, 5.41) is 14.2. The molecule has 2 aliphatic rings. The first-order valence-corrected chi connectivity index (χ1v) is 9.93. The number of rotatable bonds is 3. The van der Waals surface area contributed by atoms with Crippen LogP contribution in [0.1, 0.15) is 29.6 Å². The maximum atomic E-state index is 12.1. The number of nitrogens with zero attached hydrogens (tertiary/aromatic N) is 4. The van der Waals surface area contributed by atoms with E-state index in [1.165, 1.54) is 0 Å². The first-order valence-electron chi connectivity index (χ1n) is 9.93. The predicted molar refractivity (Wildman–Crippen MR) is 108 cm³/mol. The van der Waals surface area contributed by atoms with E-state index in [9.17, 15) is 9.90 Å². The minimum absolute atomic E-state index is 0.0463. The molecule has 1 aromatic heterocycles. The van der Waals surface area contributed by atoms with Gasteiger partial charge in [-0.2, -0.15) is 0 Å². The highest BCUT2D eigenvalue weighted by atomic mass is 16.5. The van der Waals surface area contributed by atoms with Crippen molar-refractivity contribution in [3.63, 3.8) is 0 Å². The third kappa shape index (κ3) is 3.40. The lowest BCUT2D eigenvalue weighted by Gasteiger charge is -2.47. The number of benzene rings is 1. The van der Waals surface area contributed by atoms with Crippen LogP contribution in [0.5, 0.6) is 0 Å². The number of carboxylic acids is 1. The van der Waals surface area contributed by atoms with Crippen molar-refractivity contribution < 1.29 is 14.4 Å². The van der Waals surface area contributed by atoms with Crippen LogP contribution in [0.4, 0.5) is 5.82 Å². The monoisotopic (exact) mass is 384 g/mol. The van der Waals surface area contributed by atoms with E-state index in [4.69, 9.17) is 4.52 Å². The molecule has 2 fully saturated rings. The average molecular weight is 384 g/mol. The van der Waals surface area contributed by atoms with Crippen LogP contribution in [-0.2, 0) is 0 Å². The summed E-state index contributed by atoms with van der Waals surface area (Å²) in [6, 6.07) is 9.35. The Morgan fingerprint density at radius 2 is 1.82 bits per heavy atom. The second kappa shape index (κ2) is 7.56. The Kier molecular flexibility index (Phi) is 5.12. The molecule has 28 heavy (non-hydrogen) atoms. The first kappa shape index (κ1) is 19.0. The van der Waals surface area contributed by atoms with Crippen molar-refractivity contribution in [2.45, 2.75) is 24.8 Å². The number of aromatic carboxylic acids is 1. The number of aromatic nitrogens is 1. The van der Waals surface area contributed by atoms with Crippen LogP contribution in [0.15, 0.2) is 34.9 Å². The van der Waals surface area contributed by atoms with Gasteiger partial charge < -0.3 is 19.4 Å². The lowest BCUT2D eigenvalue weighted by Crippen LogP contribution is -2.57. The summed E-state index contributed by atoms with van der Waals surface area (Å²) < 4.78 is 5.56. The zero-order valence-electron chi connectivity index (χ0n) is 16.6. The maximum absolute atomic E-state index is 12.1. The van der Waals surface area contributed by atoms with E-state index in [1.54, 1.807) is 0 Å². The van der Waals surface area contributed by atoms with Crippen molar-refractivity contribution in [2.75, 3.05) is 51.7 Å². The van der Waals surface area contributed by atoms with Gasteiger partial charge in [-0.15, -0.1) is 0 Å². The molecule has 3 heterocycles. The first-order chi connectivity index (χ1) is 13.5. The fraction of sp³-hybridized carbons (Fsp3) is 0.524. The van der Waals surface area contributed by atoms with Gasteiger partial charge in [-0.05, 0) is 46.4 Å². The molecule has 0 saturated carbocycles. The number of likely N-dealkylation sites (tertiary alicyclic amines) is 1. The van der Waals surface area contributed by atoms with Crippen molar-refractivity contribution in [1.82, 2.24) is 15.0 Å². The third-order valence-corrected chi connectivity index (χ3v) is 6.36. The summed E-state index contributed by atoms with van der Waals surface area (Å²) in [6.45, 7) is 4.67. The lowest BCUT2D eigenvalue weighted by molar-refractivity contribution is 0.0601. The molecule has 7 heteroatoms. The maximum Gasteiger partial charge on any atom is 0.343 e. The molecule has 1 spiro atoms. The molecule has 7 nitrogen and oxygen atoms in total. The number of anilines is 1. The number of hydrogen-bond acceptors (Lipinski definition) is 6. The summed E-state index contributed by atoms with van der Waals surface area (Å²) in [4.78, 5) is 19.1. The Hall–Kier alpha value is -2.38. The summed E-state index contributed by atoms with van der Waals surface area (Å²) in [5.74, 6) is -0.205. The molecule has 0 unspecified atom stereocenters. The largest absolute Gasteiger partial charge is 0.477 e. The van der Waals surface area contributed by atoms with Crippen LogP contribution in [0.3, 0.4) is 0 Å². The van der Waals surface area contributed by atoms with Crippen LogP contribution >= 0.6 is 0 Å². The van der Waals surface area contributed by atoms with Gasteiger partial charge in [0.1, 0.15) is 0 Å². The van der Waals surface area contributed by atoms with E-state index >= 15 is 0 Å². The van der Waals surface area contributed by atoms with E-state index in [1.807, 2.05) is 30.3 Å². The summed E-state index contributed by atoms with van der Waals surface area (Å²) in [5.41, 5.74) is 0.948. The topological polar surface area (TPSA) is 73.0 Å². The summed E-state index contributed by atoms with van der Waals surface area (Å²) in [6.07, 6.45) is 3.12. The van der Waals surface area contributed by atoms with Crippen LogP contribution < -0.4 is 4.90 Å². The van der Waals surface area contributed by atoms with E-state index in [2.05, 4.69) is 34.0 Å². The Morgan fingerprint density at radius 1 is 1.11 bits per heavy atom. The molecular formula is C21H28N4O3. The standard InChI is InChI=1S/C21H28N4O3/c1-23-13-9-21(10-14-23)15-25(12-6-11-24(21)2)19-17(20(26)27)18(28-22-19)16-7-4-3-5-8-16/h3-5,7-8H,6,9-15H2,1-2H3,(H,26,27). The molecule has 1 aromatic carbocycles. The molecule has 150 valence electrons. The van der Waals surface area contributed by atoms with Crippen molar-refractivity contribution in [3.05, 3.63) is 35.9 Å². The normalized spacial score (nSPS) is 21.0. The number of carbonyl (C=O) groups is 1. The summed E-state index contributed by atoms with van der Waals surface area (Å²) in [7, 11) is 4.36. The number of hydrogen-bond donors (Lipinski definition) is 1. The van der Waals surface area contributed by atoms with E-state index < -0.39 is 5.97 Å². The average Bonchev–Trinajstić information content (AvgIpc) is 3.08. The third-order valence-electron chi connectivity index (χ3n) is 6.36. The molecule has 0 atom stereocenters. The Labute approximate surface area is 165 Å². The van der Waals surface area contributed by atoms with Crippen molar-refractivity contribution in [2.24, 2.45) is 0 Å². The van der Waals surface area contributed by atoms with Gasteiger partial charge in [0.05, 0.1) is 0 Å². The van der Waals surface area contributed by atoms with Gasteiger partial charge in [-0.25, -0.2) is 4.79 Å². The molecule has 2 aromatic rings. The minimum atomic E-state index is -0.995. The van der Waals surface area contributed by atoms with Gasteiger partial charge in [-0.1, -0.05) is 35.5 Å². The Balaban J connectivity index is 1.70. The smallest absolute Gasteiger partial charge is 0.343 e. The van der Waals surface area contributed by atoms with Gasteiger partial charge in [0.25, 0.3) is 0 Å². The van der Waals surface area contributed by atoms with Gasteiger partial charge in [0.15, 0.2) is 17.1 Å². The zero-order chi connectivity index (χ0) is 19.7. The molecular weight excluding hydrogens is 356 g/mol. The van der Waals surface area contributed by atoms with Gasteiger partial charge in [0.2, 0.25) is 0 Å². The molecule has 0 aliphatic carbocycles. The predicted octanol–water partition coefficient (Wildman–Crippen LogP) is 2.65. The Bertz CT molecular complexity index is 827. The highest BCUT2D eigenvalue weighted by Gasteiger charge is 2.42. The molecule has 2 saturated heterocycles. The van der Waals surface area contributed by atoms with Crippen molar-refractivity contribution in [3.8, 4) is 11.3 Å². The van der Waals surface area contributed by atoms with E-state index in [-0.39, 0.29) is 11.1 Å².